The molecule has 122 valence electrons. The third-order valence-corrected chi connectivity index (χ3v) is 4.55. The molecule has 1 N–H and O–H groups in total. The van der Waals surface area contributed by atoms with Crippen molar-refractivity contribution >= 4 is 15.8 Å². The number of phenols is 1. The lowest BCUT2D eigenvalue weighted by Crippen LogP contribution is -2.45. The molecule has 2 rings (SSSR count). The van der Waals surface area contributed by atoms with Crippen molar-refractivity contribution in [1.82, 2.24) is 0 Å². The van der Waals surface area contributed by atoms with Gasteiger partial charge in [-0.05, 0) is 48.5 Å². The molecule has 0 saturated heterocycles. The second-order valence-electron chi connectivity index (χ2n) is 4.38. The molecule has 23 heavy (non-hydrogen) atoms. The van der Waals surface area contributed by atoms with E-state index in [1.54, 1.807) is 0 Å². The van der Waals surface area contributed by atoms with Crippen molar-refractivity contribution in [3.05, 3.63) is 48.5 Å². The maximum Gasteiger partial charge on any atom is 0.441 e. The Balaban J connectivity index is 2.29. The summed E-state index contributed by atoms with van der Waals surface area (Å²) in [5.41, 5.74) is 0. The maximum absolute atomic E-state index is 12.8. The zero-order valence-electron chi connectivity index (χ0n) is 11.3. The quantitative estimate of drug-likeness (QED) is 0.867. The van der Waals surface area contributed by atoms with Gasteiger partial charge in [0.05, 0.1) is 9.79 Å². The summed E-state index contributed by atoms with van der Waals surface area (Å²) >= 11 is 0. The molecular weight excluding hydrogens is 334 g/mol. The van der Waals surface area contributed by atoms with Gasteiger partial charge in [0.2, 0.25) is 9.84 Å². The number of rotatable bonds is 5. The van der Waals surface area contributed by atoms with Crippen molar-refractivity contribution < 1.29 is 36.9 Å². The van der Waals surface area contributed by atoms with Gasteiger partial charge in [-0.3, -0.25) is 0 Å². The molecule has 9 heteroatoms. The predicted molar refractivity (Wildman–Crippen MR) is 70.6 cm³/mol. The average molecular weight is 343 g/mol. The van der Waals surface area contributed by atoms with Gasteiger partial charge in [0, 0.05) is 0 Å². The van der Waals surface area contributed by atoms with Gasteiger partial charge in [0.25, 0.3) is 0 Å². The van der Waals surface area contributed by atoms with E-state index >= 15 is 0 Å². The number of halogens is 2. The molecule has 0 radical (unpaired) electrons. The van der Waals surface area contributed by atoms with Crippen LogP contribution in [0.15, 0.2) is 58.3 Å². The average Bonchev–Trinajstić information content (AvgIpc) is 2.47. The second kappa shape index (κ2) is 5.84. The highest BCUT2D eigenvalue weighted by atomic mass is 32.2. The van der Waals surface area contributed by atoms with Crippen LogP contribution in [0.4, 0.5) is 8.78 Å². The van der Waals surface area contributed by atoms with Crippen molar-refractivity contribution in [2.24, 2.45) is 0 Å². The molecule has 0 atom stereocenters. The minimum absolute atomic E-state index is 0.107. The monoisotopic (exact) mass is 343 g/mol. The first kappa shape index (κ1) is 16.7. The summed E-state index contributed by atoms with van der Waals surface area (Å²) < 4.78 is 54.2. The Bertz CT molecular complexity index is 813. The zero-order valence-corrected chi connectivity index (χ0v) is 12.1. The number of aromatic hydroxyl groups is 1. The van der Waals surface area contributed by atoms with E-state index < -0.39 is 27.7 Å². The minimum atomic E-state index is -4.53. The Hall–Kier alpha value is -2.68. The summed E-state index contributed by atoms with van der Waals surface area (Å²) in [7, 11) is -3.92. The van der Waals surface area contributed by atoms with E-state index in [2.05, 4.69) is 4.74 Å². The van der Waals surface area contributed by atoms with Gasteiger partial charge in [0.15, 0.2) is 5.97 Å². The van der Waals surface area contributed by atoms with Crippen LogP contribution in [0.2, 0.25) is 0 Å². The molecule has 2 aromatic rings. The molecule has 0 saturated carbocycles. The van der Waals surface area contributed by atoms with Crippen molar-refractivity contribution in [2.45, 2.75) is 15.9 Å². The lowest BCUT2D eigenvalue weighted by Gasteiger charge is -2.18. The topological polar surface area (TPSA) is 104 Å². The van der Waals surface area contributed by atoms with Crippen LogP contribution in [0, 0.1) is 0 Å². The van der Waals surface area contributed by atoms with Gasteiger partial charge in [-0.25, -0.2) is 8.42 Å². The fourth-order valence-corrected chi connectivity index (χ4v) is 2.90. The fourth-order valence-electron chi connectivity index (χ4n) is 1.64. The SMILES string of the molecule is O=C([O-])C(F)(F)Oc1ccc(S(=O)(=O)c2ccc(O)cc2)cc1. The van der Waals surface area contributed by atoms with E-state index in [4.69, 9.17) is 5.11 Å². The molecule has 0 unspecified atom stereocenters. The molecule has 0 bridgehead atoms. The number of hydrogen-bond acceptors (Lipinski definition) is 6. The molecule has 2 aromatic carbocycles. The van der Waals surface area contributed by atoms with E-state index in [1.807, 2.05) is 0 Å². The Labute approximate surface area is 129 Å². The summed E-state index contributed by atoms with van der Waals surface area (Å²) in [6.45, 7) is 0. The summed E-state index contributed by atoms with van der Waals surface area (Å²) in [4.78, 5) is 9.84. The standard InChI is InChI=1S/C14H10F2O6S/c15-14(16,13(18)19)22-10-3-7-12(8-4-10)23(20,21)11-5-1-9(17)2-6-11/h1-8,17H,(H,18,19)/p-1. The van der Waals surface area contributed by atoms with E-state index in [0.29, 0.717) is 0 Å². The highest BCUT2D eigenvalue weighted by Crippen LogP contribution is 2.26. The molecule has 6 nitrogen and oxygen atoms in total. The number of aliphatic carboxylic acids is 1. The van der Waals surface area contributed by atoms with Crippen molar-refractivity contribution in [2.75, 3.05) is 0 Å². The summed E-state index contributed by atoms with van der Waals surface area (Å²) in [5, 5.41) is 19.3. The van der Waals surface area contributed by atoms with Gasteiger partial charge >= 0.3 is 6.11 Å². The van der Waals surface area contributed by atoms with Crippen LogP contribution in [-0.2, 0) is 14.6 Å². The van der Waals surface area contributed by atoms with Crippen LogP contribution in [0.3, 0.4) is 0 Å². The molecule has 0 spiro atoms. The molecule has 0 fully saturated rings. The largest absolute Gasteiger partial charge is 0.541 e. The number of carboxylic acids is 1. The number of carbonyl (C=O) groups excluding carboxylic acids is 1. The van der Waals surface area contributed by atoms with Crippen molar-refractivity contribution in [3.63, 3.8) is 0 Å². The number of alkyl halides is 2. The highest BCUT2D eigenvalue weighted by molar-refractivity contribution is 7.91. The number of carboxylic acid groups (broad SMARTS) is 1. The van der Waals surface area contributed by atoms with E-state index in [1.165, 1.54) is 24.3 Å². The number of phenolic OH excluding ortho intramolecular Hbond substituents is 1. The van der Waals surface area contributed by atoms with Crippen LogP contribution in [0.1, 0.15) is 0 Å². The van der Waals surface area contributed by atoms with E-state index in [-0.39, 0.29) is 15.5 Å². The number of sulfone groups is 1. The van der Waals surface area contributed by atoms with Gasteiger partial charge in [0.1, 0.15) is 11.5 Å². The normalized spacial score (nSPS) is 11.9. The van der Waals surface area contributed by atoms with E-state index in [9.17, 15) is 27.1 Å². The van der Waals surface area contributed by atoms with Crippen LogP contribution >= 0.6 is 0 Å². The molecule has 0 heterocycles. The smallest absolute Gasteiger partial charge is 0.441 e. The first-order valence-electron chi connectivity index (χ1n) is 6.05. The predicted octanol–water partition coefficient (Wildman–Crippen LogP) is 0.946. The second-order valence-corrected chi connectivity index (χ2v) is 6.32. The fraction of sp³-hybridized carbons (Fsp3) is 0.0714. The number of hydrogen-bond donors (Lipinski definition) is 1. The zero-order chi connectivity index (χ0) is 17.3. The summed E-state index contributed by atoms with van der Waals surface area (Å²) in [5.74, 6) is -3.36. The molecular formula is C14H9F2O6S-. The maximum atomic E-state index is 12.8. The van der Waals surface area contributed by atoms with Gasteiger partial charge in [-0.1, -0.05) is 0 Å². The van der Waals surface area contributed by atoms with Crippen molar-refractivity contribution in [1.29, 1.82) is 0 Å². The Morgan fingerprint density at radius 1 is 1.00 bits per heavy atom. The van der Waals surface area contributed by atoms with Gasteiger partial charge in [-0.2, -0.15) is 8.78 Å². The van der Waals surface area contributed by atoms with Gasteiger partial charge < -0.3 is 19.7 Å². The molecule has 0 aliphatic rings. The van der Waals surface area contributed by atoms with Crippen molar-refractivity contribution in [3.8, 4) is 11.5 Å². The lowest BCUT2D eigenvalue weighted by atomic mass is 10.3. The Morgan fingerprint density at radius 3 is 1.87 bits per heavy atom. The van der Waals surface area contributed by atoms with Crippen LogP contribution in [-0.4, -0.2) is 25.6 Å². The lowest BCUT2D eigenvalue weighted by molar-refractivity contribution is -0.350. The number of benzene rings is 2. The minimum Gasteiger partial charge on any atom is -0.541 e. The van der Waals surface area contributed by atoms with Crippen LogP contribution in [0.25, 0.3) is 0 Å². The summed E-state index contributed by atoms with van der Waals surface area (Å²) in [6.07, 6.45) is -4.53. The molecule has 0 aliphatic heterocycles. The number of ether oxygens (including phenoxy) is 1. The highest BCUT2D eigenvalue weighted by Gasteiger charge is 2.34. The van der Waals surface area contributed by atoms with Crippen LogP contribution in [0.5, 0.6) is 11.5 Å². The molecule has 0 amide bonds. The van der Waals surface area contributed by atoms with Gasteiger partial charge in [-0.15, -0.1) is 0 Å². The first-order chi connectivity index (χ1) is 10.6. The third kappa shape index (κ3) is 3.57. The number of carbonyl (C=O) groups is 1. The molecule has 0 aromatic heterocycles. The van der Waals surface area contributed by atoms with E-state index in [0.717, 1.165) is 24.3 Å². The Kier molecular flexibility index (Phi) is 4.24. The molecule has 0 aliphatic carbocycles. The third-order valence-electron chi connectivity index (χ3n) is 2.76. The summed E-state index contributed by atoms with van der Waals surface area (Å²) in [6, 6.07) is 8.49. The van der Waals surface area contributed by atoms with Crippen LogP contribution < -0.4 is 9.84 Å². The Morgan fingerprint density at radius 2 is 1.43 bits per heavy atom. The first-order valence-corrected chi connectivity index (χ1v) is 7.54.